The molecule has 1 aromatic heterocycles. The van der Waals surface area contributed by atoms with E-state index >= 15 is 0 Å². The molecular formula is C9H13N3OS2. The Labute approximate surface area is 96.7 Å². The molecule has 0 spiro atoms. The molecule has 0 aliphatic heterocycles. The van der Waals surface area contributed by atoms with Crippen LogP contribution in [0.4, 0.5) is 10.7 Å². The van der Waals surface area contributed by atoms with E-state index in [1.54, 1.807) is 6.08 Å². The Morgan fingerprint density at radius 1 is 1.73 bits per heavy atom. The second-order valence-electron chi connectivity index (χ2n) is 2.74. The SMILES string of the molecule is C=CCNc1sc(C(N)=O)c(N)c1SC. The summed E-state index contributed by atoms with van der Waals surface area (Å²) in [5.41, 5.74) is 11.5. The van der Waals surface area contributed by atoms with Crippen LogP contribution in [0.15, 0.2) is 17.6 Å². The van der Waals surface area contributed by atoms with Crippen molar-refractivity contribution in [2.24, 2.45) is 5.73 Å². The van der Waals surface area contributed by atoms with E-state index in [0.717, 1.165) is 9.90 Å². The van der Waals surface area contributed by atoms with Crippen molar-refractivity contribution in [1.29, 1.82) is 0 Å². The van der Waals surface area contributed by atoms with E-state index in [1.807, 2.05) is 6.26 Å². The molecule has 0 saturated carbocycles. The number of hydrogen-bond acceptors (Lipinski definition) is 5. The Morgan fingerprint density at radius 2 is 2.40 bits per heavy atom. The minimum absolute atomic E-state index is 0.408. The summed E-state index contributed by atoms with van der Waals surface area (Å²) in [7, 11) is 0. The quantitative estimate of drug-likeness (QED) is 0.543. The van der Waals surface area contributed by atoms with Gasteiger partial charge >= 0.3 is 0 Å². The van der Waals surface area contributed by atoms with Crippen LogP contribution in [0.3, 0.4) is 0 Å². The summed E-state index contributed by atoms with van der Waals surface area (Å²) in [5, 5.41) is 3.99. The van der Waals surface area contributed by atoms with Crippen LogP contribution < -0.4 is 16.8 Å². The van der Waals surface area contributed by atoms with Crippen molar-refractivity contribution in [2.45, 2.75) is 4.90 Å². The van der Waals surface area contributed by atoms with Crippen molar-refractivity contribution in [1.82, 2.24) is 0 Å². The summed E-state index contributed by atoms with van der Waals surface area (Å²) in [6.45, 7) is 4.24. The molecule has 82 valence electrons. The number of thioether (sulfide) groups is 1. The van der Waals surface area contributed by atoms with Crippen LogP contribution >= 0.6 is 23.1 Å². The highest BCUT2D eigenvalue weighted by atomic mass is 32.2. The lowest BCUT2D eigenvalue weighted by molar-refractivity contribution is 0.100. The van der Waals surface area contributed by atoms with Crippen LogP contribution in [0.1, 0.15) is 9.67 Å². The van der Waals surface area contributed by atoms with Crippen LogP contribution in [0.2, 0.25) is 0 Å². The molecule has 0 atom stereocenters. The van der Waals surface area contributed by atoms with Crippen LogP contribution in [0.25, 0.3) is 0 Å². The molecule has 0 aromatic carbocycles. The lowest BCUT2D eigenvalue weighted by atomic mass is 10.4. The Hall–Kier alpha value is -1.14. The fraction of sp³-hybridized carbons (Fsp3) is 0.222. The Bertz CT molecular complexity index is 387. The molecular weight excluding hydrogens is 230 g/mol. The van der Waals surface area contributed by atoms with Gasteiger partial charge in [0.25, 0.3) is 5.91 Å². The normalized spacial score (nSPS) is 9.93. The Kier molecular flexibility index (Phi) is 4.05. The average molecular weight is 243 g/mol. The lowest BCUT2D eigenvalue weighted by Gasteiger charge is -2.02. The first-order chi connectivity index (χ1) is 7.11. The molecule has 0 saturated heterocycles. The summed E-state index contributed by atoms with van der Waals surface area (Å²) in [6, 6.07) is 0. The fourth-order valence-corrected chi connectivity index (χ4v) is 2.99. The molecule has 15 heavy (non-hydrogen) atoms. The zero-order valence-corrected chi connectivity index (χ0v) is 10.0. The third-order valence-electron chi connectivity index (χ3n) is 1.73. The maximum atomic E-state index is 11.1. The summed E-state index contributed by atoms with van der Waals surface area (Å²) >= 11 is 2.77. The van der Waals surface area contributed by atoms with Crippen LogP contribution in [0.5, 0.6) is 0 Å². The van der Waals surface area contributed by atoms with E-state index in [-0.39, 0.29) is 0 Å². The molecule has 1 aromatic rings. The second-order valence-corrected chi connectivity index (χ2v) is 4.58. The van der Waals surface area contributed by atoms with Crippen molar-refractivity contribution < 1.29 is 4.79 Å². The monoisotopic (exact) mass is 243 g/mol. The van der Waals surface area contributed by atoms with Crippen LogP contribution in [-0.4, -0.2) is 18.7 Å². The number of rotatable bonds is 5. The topological polar surface area (TPSA) is 81.1 Å². The number of anilines is 2. The van der Waals surface area contributed by atoms with Gasteiger partial charge in [0.2, 0.25) is 0 Å². The first kappa shape index (κ1) is 11.9. The van der Waals surface area contributed by atoms with E-state index in [2.05, 4.69) is 11.9 Å². The number of nitrogen functional groups attached to an aromatic ring is 1. The standard InChI is InChI=1S/C9H13N3OS2/c1-3-4-12-9-7(14-2)5(10)6(15-9)8(11)13/h3,12H,1,4,10H2,2H3,(H2,11,13). The molecule has 1 rings (SSSR count). The molecule has 1 heterocycles. The third kappa shape index (κ3) is 2.45. The highest BCUT2D eigenvalue weighted by Gasteiger charge is 2.18. The van der Waals surface area contributed by atoms with E-state index in [1.165, 1.54) is 23.1 Å². The van der Waals surface area contributed by atoms with Gasteiger partial charge in [0.15, 0.2) is 0 Å². The molecule has 0 unspecified atom stereocenters. The number of carbonyl (C=O) groups is 1. The molecule has 1 amide bonds. The predicted octanol–water partition coefficient (Wildman–Crippen LogP) is 1.75. The average Bonchev–Trinajstić information content (AvgIpc) is 2.52. The maximum Gasteiger partial charge on any atom is 0.261 e. The zero-order chi connectivity index (χ0) is 11.4. The highest BCUT2D eigenvalue weighted by Crippen LogP contribution is 2.41. The van der Waals surface area contributed by atoms with Gasteiger partial charge in [0.05, 0.1) is 10.6 Å². The maximum absolute atomic E-state index is 11.1. The van der Waals surface area contributed by atoms with Gasteiger partial charge in [-0.2, -0.15) is 0 Å². The van der Waals surface area contributed by atoms with Crippen LogP contribution in [-0.2, 0) is 0 Å². The molecule has 0 aliphatic carbocycles. The second kappa shape index (κ2) is 5.09. The highest BCUT2D eigenvalue weighted by molar-refractivity contribution is 7.99. The predicted molar refractivity (Wildman–Crippen MR) is 67.7 cm³/mol. The number of carbonyl (C=O) groups excluding carboxylic acids is 1. The number of thiophene rings is 1. The molecule has 0 aliphatic rings. The van der Waals surface area contributed by atoms with Crippen LogP contribution in [0, 0.1) is 0 Å². The van der Waals surface area contributed by atoms with Gasteiger partial charge in [-0.05, 0) is 6.26 Å². The largest absolute Gasteiger partial charge is 0.396 e. The van der Waals surface area contributed by atoms with Gasteiger partial charge in [-0.1, -0.05) is 6.08 Å². The summed E-state index contributed by atoms with van der Waals surface area (Å²) < 4.78 is 0. The smallest absolute Gasteiger partial charge is 0.261 e. The Morgan fingerprint density at radius 3 is 2.87 bits per heavy atom. The summed E-state index contributed by atoms with van der Waals surface area (Å²) in [4.78, 5) is 12.4. The minimum atomic E-state index is -0.487. The molecule has 0 radical (unpaired) electrons. The molecule has 6 heteroatoms. The van der Waals surface area contributed by atoms with Gasteiger partial charge < -0.3 is 16.8 Å². The molecule has 0 bridgehead atoms. The van der Waals surface area contributed by atoms with Gasteiger partial charge in [-0.3, -0.25) is 4.79 Å². The first-order valence-electron chi connectivity index (χ1n) is 4.22. The van der Waals surface area contributed by atoms with Crippen molar-refractivity contribution in [3.8, 4) is 0 Å². The van der Waals surface area contributed by atoms with E-state index < -0.39 is 5.91 Å². The fourth-order valence-electron chi connectivity index (χ4n) is 1.10. The lowest BCUT2D eigenvalue weighted by Crippen LogP contribution is -2.10. The number of nitrogens with one attached hydrogen (secondary N) is 1. The number of amides is 1. The molecule has 0 fully saturated rings. The Balaban J connectivity index is 3.09. The number of hydrogen-bond donors (Lipinski definition) is 3. The summed E-state index contributed by atoms with van der Waals surface area (Å²) in [6.07, 6.45) is 3.65. The van der Waals surface area contributed by atoms with Crippen molar-refractivity contribution in [3.05, 3.63) is 17.5 Å². The third-order valence-corrected chi connectivity index (χ3v) is 3.87. The van der Waals surface area contributed by atoms with E-state index in [4.69, 9.17) is 11.5 Å². The van der Waals surface area contributed by atoms with E-state index in [9.17, 15) is 4.79 Å². The van der Waals surface area contributed by atoms with Crippen molar-refractivity contribution in [2.75, 3.05) is 23.9 Å². The van der Waals surface area contributed by atoms with Gasteiger partial charge in [-0.15, -0.1) is 29.7 Å². The van der Waals surface area contributed by atoms with Gasteiger partial charge in [0, 0.05) is 6.54 Å². The van der Waals surface area contributed by atoms with Gasteiger partial charge in [-0.25, -0.2) is 0 Å². The van der Waals surface area contributed by atoms with Crippen molar-refractivity contribution in [3.63, 3.8) is 0 Å². The number of nitrogens with two attached hydrogens (primary N) is 2. The number of primary amides is 1. The zero-order valence-electron chi connectivity index (χ0n) is 8.37. The molecule has 4 nitrogen and oxygen atoms in total. The van der Waals surface area contributed by atoms with Gasteiger partial charge in [0.1, 0.15) is 9.88 Å². The minimum Gasteiger partial charge on any atom is -0.396 e. The summed E-state index contributed by atoms with van der Waals surface area (Å²) in [5.74, 6) is -0.487. The molecule has 5 N–H and O–H groups in total. The van der Waals surface area contributed by atoms with Crippen molar-refractivity contribution >= 4 is 39.7 Å². The van der Waals surface area contributed by atoms with E-state index in [0.29, 0.717) is 17.1 Å². The first-order valence-corrected chi connectivity index (χ1v) is 6.26.